The Morgan fingerprint density at radius 3 is 3.00 bits per heavy atom. The summed E-state index contributed by atoms with van der Waals surface area (Å²) in [5.41, 5.74) is 0.786. The molecule has 27 heavy (non-hydrogen) atoms. The highest BCUT2D eigenvalue weighted by Gasteiger charge is 2.12. The monoisotopic (exact) mass is 473 g/mol. The van der Waals surface area contributed by atoms with E-state index in [1.165, 1.54) is 36.1 Å². The van der Waals surface area contributed by atoms with Crippen LogP contribution in [0.5, 0.6) is 0 Å². The summed E-state index contributed by atoms with van der Waals surface area (Å²) in [6.45, 7) is 4.05. The third-order valence-electron chi connectivity index (χ3n) is 4.35. The maximum atomic E-state index is 14.3. The minimum Gasteiger partial charge on any atom is -0.384 e. The number of hydrogen-bond acceptors (Lipinski definition) is 7. The lowest BCUT2D eigenvalue weighted by molar-refractivity contribution is 0.526. The van der Waals surface area contributed by atoms with Crippen LogP contribution in [0.2, 0.25) is 0 Å². The molecule has 1 aromatic heterocycles. The van der Waals surface area contributed by atoms with E-state index in [9.17, 15) is 4.39 Å². The summed E-state index contributed by atoms with van der Waals surface area (Å²) < 4.78 is 18.2. The first-order valence-corrected chi connectivity index (χ1v) is 11.7. The summed E-state index contributed by atoms with van der Waals surface area (Å²) >= 11 is 6.24. The molecule has 148 valence electrons. The first-order valence-electron chi connectivity index (χ1n) is 9.22. The van der Waals surface area contributed by atoms with E-state index in [1.54, 1.807) is 18.3 Å². The maximum absolute atomic E-state index is 14.3. The number of halogens is 2. The Kier molecular flexibility index (Phi) is 8.66. The zero-order valence-electron chi connectivity index (χ0n) is 15.1. The molecule has 0 amide bonds. The van der Waals surface area contributed by atoms with Crippen LogP contribution < -0.4 is 20.7 Å². The normalized spacial score (nSPS) is 16.6. The van der Waals surface area contributed by atoms with E-state index in [4.69, 9.17) is 0 Å². The van der Waals surface area contributed by atoms with Crippen molar-refractivity contribution in [2.24, 2.45) is 0 Å². The van der Waals surface area contributed by atoms with Crippen molar-refractivity contribution in [1.82, 2.24) is 15.6 Å². The minimum atomic E-state index is -0.250. The number of anilines is 2. The number of nitrogens with zero attached hydrogens (tertiary/aromatic N) is 1. The van der Waals surface area contributed by atoms with Crippen molar-refractivity contribution in [3.63, 3.8) is 0 Å². The van der Waals surface area contributed by atoms with Crippen LogP contribution in [-0.2, 0) is 0 Å². The van der Waals surface area contributed by atoms with E-state index in [2.05, 4.69) is 41.6 Å². The maximum Gasteiger partial charge on any atom is 0.192 e. The Labute approximate surface area is 176 Å². The molecule has 3 rings (SSSR count). The van der Waals surface area contributed by atoms with Gasteiger partial charge in [-0.05, 0) is 78.8 Å². The minimum absolute atomic E-state index is 0.250. The molecule has 4 N–H and O–H groups in total. The summed E-state index contributed by atoms with van der Waals surface area (Å²) in [5.74, 6) is -0.250. The van der Waals surface area contributed by atoms with E-state index in [1.807, 2.05) is 5.38 Å². The van der Waals surface area contributed by atoms with Crippen LogP contribution in [0.1, 0.15) is 25.7 Å². The number of rotatable bonds is 11. The van der Waals surface area contributed by atoms with Gasteiger partial charge in [-0.1, -0.05) is 0 Å². The molecule has 9 heteroatoms. The van der Waals surface area contributed by atoms with Crippen molar-refractivity contribution >= 4 is 50.0 Å². The molecule has 1 aromatic carbocycles. The second-order valence-electron chi connectivity index (χ2n) is 6.44. The molecule has 1 fully saturated rings. The number of thiazole rings is 1. The molecular formula is C18H25BrFN5S2. The van der Waals surface area contributed by atoms with E-state index in [-0.39, 0.29) is 5.82 Å². The quantitative estimate of drug-likeness (QED) is 0.280. The zero-order chi connectivity index (χ0) is 18.9. The first-order chi connectivity index (χ1) is 13.2. The van der Waals surface area contributed by atoms with Gasteiger partial charge in [-0.2, -0.15) is 0 Å². The fourth-order valence-electron chi connectivity index (χ4n) is 2.92. The molecule has 1 aliphatic heterocycles. The third kappa shape index (κ3) is 6.90. The molecule has 5 nitrogen and oxygen atoms in total. The fraction of sp³-hybridized carbons (Fsp3) is 0.500. The van der Waals surface area contributed by atoms with Crippen molar-refractivity contribution < 1.29 is 4.39 Å². The number of hydrogen-bond donors (Lipinski definition) is 4. The Morgan fingerprint density at radius 2 is 2.22 bits per heavy atom. The van der Waals surface area contributed by atoms with Gasteiger partial charge < -0.3 is 20.7 Å². The molecule has 2 aromatic rings. The number of unbranched alkanes of at least 4 members (excludes halogenated alkanes) is 1. The van der Waals surface area contributed by atoms with E-state index < -0.39 is 0 Å². The highest BCUT2D eigenvalue weighted by atomic mass is 79.9. The molecule has 0 radical (unpaired) electrons. The van der Waals surface area contributed by atoms with Crippen LogP contribution in [0, 0.1) is 5.82 Å². The van der Waals surface area contributed by atoms with Crippen LogP contribution in [-0.4, -0.2) is 37.2 Å². The summed E-state index contributed by atoms with van der Waals surface area (Å²) in [6, 6.07) is 3.97. The van der Waals surface area contributed by atoms with Gasteiger partial charge in [0.25, 0.3) is 0 Å². The summed E-state index contributed by atoms with van der Waals surface area (Å²) in [5, 5.41) is 12.9. The van der Waals surface area contributed by atoms with Crippen LogP contribution in [0.25, 0.3) is 0 Å². The first kappa shape index (κ1) is 20.9. The predicted octanol–water partition coefficient (Wildman–Crippen LogP) is 4.70. The fourth-order valence-corrected chi connectivity index (χ4v) is 4.83. The van der Waals surface area contributed by atoms with Crippen LogP contribution in [0.15, 0.2) is 33.1 Å². The zero-order valence-corrected chi connectivity index (χ0v) is 18.3. The summed E-state index contributed by atoms with van der Waals surface area (Å²) in [4.78, 5) is 4.66. The third-order valence-corrected chi connectivity index (χ3v) is 6.65. The average molecular weight is 474 g/mol. The summed E-state index contributed by atoms with van der Waals surface area (Å²) in [6.07, 6.45) is 6.43. The summed E-state index contributed by atoms with van der Waals surface area (Å²) in [7, 11) is 0. The number of aromatic nitrogens is 1. The molecule has 1 saturated heterocycles. The smallest absolute Gasteiger partial charge is 0.192 e. The van der Waals surface area contributed by atoms with E-state index in [0.29, 0.717) is 10.9 Å². The van der Waals surface area contributed by atoms with Crippen LogP contribution in [0.4, 0.5) is 15.2 Å². The Hall–Kier alpha value is -0.870. The van der Waals surface area contributed by atoms with Crippen molar-refractivity contribution in [1.29, 1.82) is 0 Å². The van der Waals surface area contributed by atoms with Crippen LogP contribution in [0.3, 0.4) is 0 Å². The van der Waals surface area contributed by atoms with Gasteiger partial charge in [0.15, 0.2) is 5.13 Å². The molecule has 0 saturated carbocycles. The van der Waals surface area contributed by atoms with Crippen molar-refractivity contribution in [2.75, 3.05) is 36.2 Å². The topological polar surface area (TPSA) is 61.0 Å². The van der Waals surface area contributed by atoms with Crippen molar-refractivity contribution in [2.45, 2.75) is 36.6 Å². The van der Waals surface area contributed by atoms with Gasteiger partial charge in [-0.15, -0.1) is 11.3 Å². The van der Waals surface area contributed by atoms with Gasteiger partial charge in [-0.3, -0.25) is 0 Å². The lowest BCUT2D eigenvalue weighted by Crippen LogP contribution is -2.34. The second-order valence-corrected chi connectivity index (χ2v) is 9.03. The molecular weight excluding hydrogens is 449 g/mol. The highest BCUT2D eigenvalue weighted by Crippen LogP contribution is 2.32. The molecule has 0 spiro atoms. The number of nitrogens with one attached hydrogen (secondary N) is 4. The standard InChI is InChI=1S/C18H25BrFN5S2/c19-14-10-17(27-25-18-24-8-9-26-18)15(20)11-16(14)23-6-2-1-5-21-12-13-4-3-7-22-13/h8-11,13,21-23H,1-7,12H2,(H,24,25)/t13-/m0/s1. The van der Waals surface area contributed by atoms with Crippen LogP contribution >= 0.6 is 39.2 Å². The van der Waals surface area contributed by atoms with E-state index >= 15 is 0 Å². The lowest BCUT2D eigenvalue weighted by Gasteiger charge is -2.13. The lowest BCUT2D eigenvalue weighted by atomic mass is 10.2. The molecule has 1 aliphatic rings. The van der Waals surface area contributed by atoms with Crippen molar-refractivity contribution in [3.8, 4) is 0 Å². The van der Waals surface area contributed by atoms with Gasteiger partial charge in [0.1, 0.15) is 5.82 Å². The molecule has 0 bridgehead atoms. The predicted molar refractivity (Wildman–Crippen MR) is 117 cm³/mol. The van der Waals surface area contributed by atoms with Gasteiger partial charge in [0.05, 0.1) is 10.6 Å². The van der Waals surface area contributed by atoms with Gasteiger partial charge in [0, 0.05) is 35.2 Å². The number of benzene rings is 1. The molecule has 1 atom stereocenters. The largest absolute Gasteiger partial charge is 0.384 e. The SMILES string of the molecule is Fc1cc(NCCCCNC[C@@H]2CCCN2)c(Br)cc1SNc1nccs1. The van der Waals surface area contributed by atoms with Gasteiger partial charge in [-0.25, -0.2) is 9.37 Å². The van der Waals surface area contributed by atoms with Crippen molar-refractivity contribution in [3.05, 3.63) is 34.0 Å². The highest BCUT2D eigenvalue weighted by molar-refractivity contribution is 9.10. The Morgan fingerprint density at radius 1 is 1.33 bits per heavy atom. The Bertz CT molecular complexity index is 695. The molecule has 0 aliphatic carbocycles. The Balaban J connectivity index is 1.35. The second kappa shape index (κ2) is 11.2. The average Bonchev–Trinajstić information content (AvgIpc) is 3.36. The molecule has 0 unspecified atom stereocenters. The van der Waals surface area contributed by atoms with Gasteiger partial charge in [0.2, 0.25) is 0 Å². The molecule has 2 heterocycles. The van der Waals surface area contributed by atoms with E-state index in [0.717, 1.165) is 54.3 Å². The van der Waals surface area contributed by atoms with Gasteiger partial charge >= 0.3 is 0 Å².